The maximum atomic E-state index is 5.90. The van der Waals surface area contributed by atoms with E-state index < -0.39 is 0 Å². The van der Waals surface area contributed by atoms with Gasteiger partial charge in [0, 0.05) is 26.2 Å². The summed E-state index contributed by atoms with van der Waals surface area (Å²) >= 11 is 5.24. The Kier molecular flexibility index (Phi) is 4.70. The van der Waals surface area contributed by atoms with E-state index in [0.29, 0.717) is 19.8 Å². The molecule has 0 saturated carbocycles. The molecular weight excluding hydrogens is 346 g/mol. The zero-order valence-corrected chi connectivity index (χ0v) is 13.9. The Hall–Kier alpha value is -1.20. The fourth-order valence-electron chi connectivity index (χ4n) is 2.37. The first-order valence-corrected chi connectivity index (χ1v) is 8.40. The van der Waals surface area contributed by atoms with Crippen LogP contribution in [0.4, 0.5) is 0 Å². The Bertz CT molecular complexity index is 753. The van der Waals surface area contributed by atoms with Crippen molar-refractivity contribution in [3.05, 3.63) is 69.0 Å². The van der Waals surface area contributed by atoms with Crippen LogP contribution >= 0.6 is 27.3 Å². The predicted octanol–water partition coefficient (Wildman–Crippen LogP) is 4.84. The summed E-state index contributed by atoms with van der Waals surface area (Å²) in [6, 6.07) is 16.6. The number of hydrogen-bond acceptors (Lipinski definition) is 3. The fourth-order valence-corrected chi connectivity index (χ4v) is 3.91. The van der Waals surface area contributed by atoms with Crippen LogP contribution in [0.25, 0.3) is 10.1 Å². The topological polar surface area (TPSA) is 35.2 Å². The van der Waals surface area contributed by atoms with Gasteiger partial charge < -0.3 is 10.5 Å². The number of benzene rings is 2. The van der Waals surface area contributed by atoms with Crippen molar-refractivity contribution >= 4 is 37.4 Å². The van der Waals surface area contributed by atoms with E-state index in [1.54, 1.807) is 11.3 Å². The smallest absolute Gasteiger partial charge is 0.0738 e. The molecule has 3 aromatic rings. The standard InChI is InChI=1S/C17H16BrNOS/c18-13-5-3-4-12(8-13)10-20-11-15-14-6-1-2-7-16(14)21-17(15)9-19/h1-8H,9-11,19H2. The lowest BCUT2D eigenvalue weighted by molar-refractivity contribution is 0.107. The van der Waals surface area contributed by atoms with Crippen molar-refractivity contribution in [2.75, 3.05) is 0 Å². The van der Waals surface area contributed by atoms with Gasteiger partial charge in [-0.05, 0) is 29.1 Å². The van der Waals surface area contributed by atoms with Crippen molar-refractivity contribution in [1.29, 1.82) is 0 Å². The van der Waals surface area contributed by atoms with Gasteiger partial charge in [-0.1, -0.05) is 46.3 Å². The molecule has 21 heavy (non-hydrogen) atoms. The molecule has 2 aromatic carbocycles. The third kappa shape index (κ3) is 3.35. The summed E-state index contributed by atoms with van der Waals surface area (Å²) in [7, 11) is 0. The SMILES string of the molecule is NCc1sc2ccccc2c1COCc1cccc(Br)c1. The summed E-state index contributed by atoms with van der Waals surface area (Å²) in [6.07, 6.45) is 0. The lowest BCUT2D eigenvalue weighted by atomic mass is 10.1. The molecule has 0 fully saturated rings. The highest BCUT2D eigenvalue weighted by Gasteiger charge is 2.10. The third-order valence-corrected chi connectivity index (χ3v) is 5.10. The fraction of sp³-hybridized carbons (Fsp3) is 0.176. The number of halogens is 1. The van der Waals surface area contributed by atoms with Gasteiger partial charge in [-0.15, -0.1) is 11.3 Å². The van der Waals surface area contributed by atoms with E-state index in [0.717, 1.165) is 4.47 Å². The summed E-state index contributed by atoms with van der Waals surface area (Å²) < 4.78 is 8.25. The van der Waals surface area contributed by atoms with Gasteiger partial charge in [0.05, 0.1) is 13.2 Å². The molecule has 2 nitrogen and oxygen atoms in total. The van der Waals surface area contributed by atoms with Gasteiger partial charge in [-0.3, -0.25) is 0 Å². The van der Waals surface area contributed by atoms with Gasteiger partial charge in [-0.25, -0.2) is 0 Å². The van der Waals surface area contributed by atoms with Crippen LogP contribution in [-0.4, -0.2) is 0 Å². The van der Waals surface area contributed by atoms with Gasteiger partial charge in [0.15, 0.2) is 0 Å². The largest absolute Gasteiger partial charge is 0.372 e. The Labute approximate surface area is 136 Å². The minimum atomic E-state index is 0.564. The van der Waals surface area contributed by atoms with E-state index in [1.165, 1.54) is 26.1 Å². The zero-order chi connectivity index (χ0) is 14.7. The van der Waals surface area contributed by atoms with Crippen LogP contribution in [0.3, 0.4) is 0 Å². The highest BCUT2D eigenvalue weighted by Crippen LogP contribution is 2.31. The van der Waals surface area contributed by atoms with Crippen LogP contribution in [0.1, 0.15) is 16.0 Å². The minimum Gasteiger partial charge on any atom is -0.372 e. The highest BCUT2D eigenvalue weighted by atomic mass is 79.9. The minimum absolute atomic E-state index is 0.564. The summed E-state index contributed by atoms with van der Waals surface area (Å²) in [6.45, 7) is 1.77. The average molecular weight is 362 g/mol. The number of ether oxygens (including phenoxy) is 1. The van der Waals surface area contributed by atoms with E-state index in [-0.39, 0.29) is 0 Å². The molecule has 4 heteroatoms. The molecule has 0 bridgehead atoms. The molecule has 2 N–H and O–H groups in total. The van der Waals surface area contributed by atoms with Gasteiger partial charge in [-0.2, -0.15) is 0 Å². The van der Waals surface area contributed by atoms with E-state index in [9.17, 15) is 0 Å². The molecule has 0 spiro atoms. The number of thiophene rings is 1. The summed E-state index contributed by atoms with van der Waals surface area (Å²) in [4.78, 5) is 1.21. The van der Waals surface area contributed by atoms with Crippen LogP contribution in [0, 0.1) is 0 Å². The van der Waals surface area contributed by atoms with E-state index >= 15 is 0 Å². The van der Waals surface area contributed by atoms with Gasteiger partial charge >= 0.3 is 0 Å². The van der Waals surface area contributed by atoms with E-state index in [1.807, 2.05) is 12.1 Å². The maximum Gasteiger partial charge on any atom is 0.0738 e. The third-order valence-electron chi connectivity index (χ3n) is 3.37. The summed E-state index contributed by atoms with van der Waals surface area (Å²) in [5, 5.41) is 1.26. The van der Waals surface area contributed by atoms with Crippen molar-refractivity contribution in [2.45, 2.75) is 19.8 Å². The first-order chi connectivity index (χ1) is 10.3. The van der Waals surface area contributed by atoms with Gasteiger partial charge in [0.1, 0.15) is 0 Å². The van der Waals surface area contributed by atoms with Gasteiger partial charge in [0.2, 0.25) is 0 Å². The monoisotopic (exact) mass is 361 g/mol. The molecular formula is C17H16BrNOS. The zero-order valence-electron chi connectivity index (χ0n) is 11.5. The van der Waals surface area contributed by atoms with Crippen molar-refractivity contribution in [1.82, 2.24) is 0 Å². The molecule has 0 amide bonds. The molecule has 1 aromatic heterocycles. The maximum absolute atomic E-state index is 5.90. The van der Waals surface area contributed by atoms with Crippen molar-refractivity contribution in [3.8, 4) is 0 Å². The second kappa shape index (κ2) is 6.71. The van der Waals surface area contributed by atoms with E-state index in [4.69, 9.17) is 10.5 Å². The Balaban J connectivity index is 1.75. The molecule has 0 aliphatic rings. The highest BCUT2D eigenvalue weighted by molar-refractivity contribution is 9.10. The predicted molar refractivity (Wildman–Crippen MR) is 92.4 cm³/mol. The average Bonchev–Trinajstić information content (AvgIpc) is 2.86. The molecule has 0 unspecified atom stereocenters. The lowest BCUT2D eigenvalue weighted by Crippen LogP contribution is -2.00. The van der Waals surface area contributed by atoms with Crippen LogP contribution in [0.15, 0.2) is 53.0 Å². The summed E-state index contributed by atoms with van der Waals surface area (Å²) in [5.41, 5.74) is 8.26. The molecule has 0 aliphatic heterocycles. The first-order valence-electron chi connectivity index (χ1n) is 6.79. The Morgan fingerprint density at radius 1 is 1.05 bits per heavy atom. The van der Waals surface area contributed by atoms with Crippen molar-refractivity contribution in [3.63, 3.8) is 0 Å². The molecule has 1 heterocycles. The Morgan fingerprint density at radius 3 is 2.71 bits per heavy atom. The quantitative estimate of drug-likeness (QED) is 0.705. The number of fused-ring (bicyclic) bond motifs is 1. The molecule has 0 saturated heterocycles. The van der Waals surface area contributed by atoms with Crippen LogP contribution in [0.5, 0.6) is 0 Å². The molecule has 0 radical (unpaired) electrons. The molecule has 0 atom stereocenters. The van der Waals surface area contributed by atoms with Crippen LogP contribution < -0.4 is 5.73 Å². The second-order valence-corrected chi connectivity index (χ2v) is 6.88. The van der Waals surface area contributed by atoms with Crippen LogP contribution in [0.2, 0.25) is 0 Å². The first kappa shape index (κ1) is 14.7. The normalized spacial score (nSPS) is 11.1. The summed E-state index contributed by atoms with van der Waals surface area (Å²) in [5.74, 6) is 0. The van der Waals surface area contributed by atoms with Crippen molar-refractivity contribution in [2.24, 2.45) is 5.73 Å². The number of nitrogens with two attached hydrogens (primary N) is 1. The number of hydrogen-bond donors (Lipinski definition) is 1. The Morgan fingerprint density at radius 2 is 1.90 bits per heavy atom. The van der Waals surface area contributed by atoms with Crippen molar-refractivity contribution < 1.29 is 4.74 Å². The van der Waals surface area contributed by atoms with E-state index in [2.05, 4.69) is 52.3 Å². The van der Waals surface area contributed by atoms with Crippen LogP contribution in [-0.2, 0) is 24.5 Å². The molecule has 0 aliphatic carbocycles. The van der Waals surface area contributed by atoms with Gasteiger partial charge in [0.25, 0.3) is 0 Å². The number of rotatable bonds is 5. The molecule has 108 valence electrons. The lowest BCUT2D eigenvalue weighted by Gasteiger charge is -2.06. The molecule has 3 rings (SSSR count). The second-order valence-electron chi connectivity index (χ2n) is 4.83.